The van der Waals surface area contributed by atoms with Crippen molar-refractivity contribution in [2.24, 2.45) is 0 Å². The first-order valence-corrected chi connectivity index (χ1v) is 7.70. The lowest BCUT2D eigenvalue weighted by atomic mass is 10.2. The first kappa shape index (κ1) is 15.8. The Hall–Kier alpha value is -3.09. The van der Waals surface area contributed by atoms with Crippen LogP contribution in [0.15, 0.2) is 36.5 Å². The van der Waals surface area contributed by atoms with E-state index in [1.165, 1.54) is 0 Å². The van der Waals surface area contributed by atoms with Crippen molar-refractivity contribution in [3.8, 4) is 0 Å². The van der Waals surface area contributed by atoms with E-state index in [9.17, 15) is 9.59 Å². The number of nitrogens with zero attached hydrogens (tertiary/aromatic N) is 2. The van der Waals surface area contributed by atoms with Crippen LogP contribution in [0.2, 0.25) is 0 Å². The standard InChI is InChI=1S/C17H19N5O2/c1-11-9-12(2)22(21-11)8-7-19-16(23)17(24)20-14-4-3-13-5-6-18-15(13)10-14/h3-6,9-10,18H,7-8H2,1-2H3,(H,19,23)(H,20,24). The third-order valence-corrected chi connectivity index (χ3v) is 3.73. The van der Waals surface area contributed by atoms with Crippen LogP contribution < -0.4 is 10.6 Å². The van der Waals surface area contributed by atoms with Crippen molar-refractivity contribution in [2.45, 2.75) is 20.4 Å². The normalized spacial score (nSPS) is 10.8. The van der Waals surface area contributed by atoms with E-state index in [2.05, 4.69) is 20.7 Å². The number of carbonyl (C=O) groups excluding carboxylic acids is 2. The summed E-state index contributed by atoms with van der Waals surface area (Å²) in [6, 6.07) is 9.33. The van der Waals surface area contributed by atoms with E-state index in [1.54, 1.807) is 16.8 Å². The highest BCUT2D eigenvalue weighted by molar-refractivity contribution is 6.39. The van der Waals surface area contributed by atoms with Gasteiger partial charge >= 0.3 is 11.8 Å². The quantitative estimate of drug-likeness (QED) is 0.638. The minimum Gasteiger partial charge on any atom is -0.361 e. The number of fused-ring (bicyclic) bond motifs is 1. The predicted molar refractivity (Wildman–Crippen MR) is 91.6 cm³/mol. The Morgan fingerprint density at radius 2 is 2.00 bits per heavy atom. The molecule has 24 heavy (non-hydrogen) atoms. The van der Waals surface area contributed by atoms with Crippen LogP contribution in [0.5, 0.6) is 0 Å². The van der Waals surface area contributed by atoms with Crippen molar-refractivity contribution in [1.29, 1.82) is 0 Å². The van der Waals surface area contributed by atoms with Gasteiger partial charge in [0.2, 0.25) is 0 Å². The maximum absolute atomic E-state index is 11.9. The Morgan fingerprint density at radius 1 is 1.17 bits per heavy atom. The van der Waals surface area contributed by atoms with Gasteiger partial charge in [0, 0.05) is 29.6 Å². The molecule has 3 rings (SSSR count). The molecular weight excluding hydrogens is 306 g/mol. The second-order valence-corrected chi connectivity index (χ2v) is 5.64. The van der Waals surface area contributed by atoms with Crippen LogP contribution in [-0.4, -0.2) is 33.1 Å². The van der Waals surface area contributed by atoms with Crippen molar-refractivity contribution in [2.75, 3.05) is 11.9 Å². The van der Waals surface area contributed by atoms with Crippen LogP contribution in [0.1, 0.15) is 11.4 Å². The molecule has 0 saturated carbocycles. The van der Waals surface area contributed by atoms with Crippen molar-refractivity contribution in [3.05, 3.63) is 47.9 Å². The Morgan fingerprint density at radius 3 is 2.75 bits per heavy atom. The summed E-state index contributed by atoms with van der Waals surface area (Å²) in [6.45, 7) is 4.72. The molecule has 2 aromatic heterocycles. The fourth-order valence-corrected chi connectivity index (χ4v) is 2.57. The summed E-state index contributed by atoms with van der Waals surface area (Å²) in [5.74, 6) is -1.35. The average Bonchev–Trinajstić information content (AvgIpc) is 3.13. The molecule has 2 heterocycles. The van der Waals surface area contributed by atoms with E-state index in [1.807, 2.05) is 38.2 Å². The van der Waals surface area contributed by atoms with Gasteiger partial charge in [-0.1, -0.05) is 6.07 Å². The zero-order chi connectivity index (χ0) is 17.1. The largest absolute Gasteiger partial charge is 0.361 e. The molecule has 0 aliphatic carbocycles. The van der Waals surface area contributed by atoms with Crippen LogP contribution in [-0.2, 0) is 16.1 Å². The van der Waals surface area contributed by atoms with Crippen molar-refractivity contribution in [1.82, 2.24) is 20.1 Å². The fraction of sp³-hybridized carbons (Fsp3) is 0.235. The van der Waals surface area contributed by atoms with Crippen LogP contribution in [0.25, 0.3) is 10.9 Å². The molecule has 0 radical (unpaired) electrons. The zero-order valence-electron chi connectivity index (χ0n) is 13.6. The highest BCUT2D eigenvalue weighted by atomic mass is 16.2. The molecule has 0 atom stereocenters. The van der Waals surface area contributed by atoms with Crippen LogP contribution in [0.4, 0.5) is 5.69 Å². The molecule has 0 saturated heterocycles. The number of anilines is 1. The molecule has 3 aromatic rings. The Kier molecular flexibility index (Phi) is 4.33. The molecule has 3 N–H and O–H groups in total. The first-order chi connectivity index (χ1) is 11.5. The highest BCUT2D eigenvalue weighted by Gasteiger charge is 2.13. The molecular formula is C17H19N5O2. The number of hydrogen-bond donors (Lipinski definition) is 3. The summed E-state index contributed by atoms with van der Waals surface area (Å²) in [7, 11) is 0. The minimum atomic E-state index is -0.686. The van der Waals surface area contributed by atoms with Gasteiger partial charge in [-0.2, -0.15) is 5.10 Å². The van der Waals surface area contributed by atoms with Gasteiger partial charge in [-0.25, -0.2) is 0 Å². The van der Waals surface area contributed by atoms with Crippen LogP contribution in [0, 0.1) is 13.8 Å². The Balaban J connectivity index is 1.52. The van der Waals surface area contributed by atoms with Gasteiger partial charge in [0.15, 0.2) is 0 Å². The van der Waals surface area contributed by atoms with Gasteiger partial charge in [-0.15, -0.1) is 0 Å². The number of amides is 2. The van der Waals surface area contributed by atoms with Gasteiger partial charge in [0.1, 0.15) is 0 Å². The third-order valence-electron chi connectivity index (χ3n) is 3.73. The second kappa shape index (κ2) is 6.57. The van der Waals surface area contributed by atoms with E-state index in [0.29, 0.717) is 18.8 Å². The Labute approximate surface area is 139 Å². The Bertz CT molecular complexity index is 893. The van der Waals surface area contributed by atoms with Crippen molar-refractivity contribution >= 4 is 28.4 Å². The third kappa shape index (κ3) is 3.45. The number of aromatic nitrogens is 3. The molecule has 1 aromatic carbocycles. The summed E-state index contributed by atoms with van der Waals surface area (Å²) < 4.78 is 1.80. The lowest BCUT2D eigenvalue weighted by Crippen LogP contribution is -2.37. The number of benzene rings is 1. The number of carbonyl (C=O) groups is 2. The number of hydrogen-bond acceptors (Lipinski definition) is 3. The van der Waals surface area contributed by atoms with Gasteiger partial charge in [0.25, 0.3) is 0 Å². The van der Waals surface area contributed by atoms with Gasteiger partial charge in [0.05, 0.1) is 12.2 Å². The lowest BCUT2D eigenvalue weighted by molar-refractivity contribution is -0.136. The highest BCUT2D eigenvalue weighted by Crippen LogP contribution is 2.17. The average molecular weight is 325 g/mol. The summed E-state index contributed by atoms with van der Waals surface area (Å²) in [5, 5.41) is 10.5. The molecule has 0 spiro atoms. The van der Waals surface area contributed by atoms with E-state index in [-0.39, 0.29) is 0 Å². The number of aryl methyl sites for hydroxylation is 2. The maximum Gasteiger partial charge on any atom is 0.313 e. The smallest absolute Gasteiger partial charge is 0.313 e. The SMILES string of the molecule is Cc1cc(C)n(CCNC(=O)C(=O)Nc2ccc3cc[nH]c3c2)n1. The molecule has 0 fully saturated rings. The topological polar surface area (TPSA) is 91.8 Å². The van der Waals surface area contributed by atoms with E-state index in [0.717, 1.165) is 22.3 Å². The number of H-pyrrole nitrogens is 1. The van der Waals surface area contributed by atoms with Gasteiger partial charge in [-0.05, 0) is 43.5 Å². The van der Waals surface area contributed by atoms with Crippen LogP contribution in [0.3, 0.4) is 0 Å². The van der Waals surface area contributed by atoms with E-state index >= 15 is 0 Å². The zero-order valence-corrected chi connectivity index (χ0v) is 13.6. The predicted octanol–water partition coefficient (Wildman–Crippen LogP) is 1.74. The van der Waals surface area contributed by atoms with Crippen molar-refractivity contribution < 1.29 is 9.59 Å². The lowest BCUT2D eigenvalue weighted by Gasteiger charge is -2.08. The summed E-state index contributed by atoms with van der Waals surface area (Å²) in [5.41, 5.74) is 3.42. The molecule has 0 aliphatic heterocycles. The molecule has 7 nitrogen and oxygen atoms in total. The molecule has 0 aliphatic rings. The number of aromatic amines is 1. The first-order valence-electron chi connectivity index (χ1n) is 7.70. The number of nitrogens with one attached hydrogen (secondary N) is 3. The summed E-state index contributed by atoms with van der Waals surface area (Å²) in [4.78, 5) is 26.9. The maximum atomic E-state index is 11.9. The molecule has 0 unspecified atom stereocenters. The minimum absolute atomic E-state index is 0.337. The monoisotopic (exact) mass is 325 g/mol. The number of rotatable bonds is 4. The summed E-state index contributed by atoms with van der Waals surface area (Å²) in [6.07, 6.45) is 1.82. The van der Waals surface area contributed by atoms with Gasteiger partial charge in [-0.3, -0.25) is 14.3 Å². The van der Waals surface area contributed by atoms with E-state index in [4.69, 9.17) is 0 Å². The molecule has 124 valence electrons. The second-order valence-electron chi connectivity index (χ2n) is 5.64. The fourth-order valence-electron chi connectivity index (χ4n) is 2.57. The molecule has 0 bridgehead atoms. The van der Waals surface area contributed by atoms with E-state index < -0.39 is 11.8 Å². The molecule has 2 amide bonds. The summed E-state index contributed by atoms with van der Waals surface area (Å²) >= 11 is 0. The molecule has 7 heteroatoms. The van der Waals surface area contributed by atoms with Crippen LogP contribution >= 0.6 is 0 Å². The van der Waals surface area contributed by atoms with Crippen molar-refractivity contribution in [3.63, 3.8) is 0 Å². The van der Waals surface area contributed by atoms with Gasteiger partial charge < -0.3 is 15.6 Å².